The number of aliphatic hydroxyl groups is 4. The second kappa shape index (κ2) is 48.2. The number of ether oxygens (including phenoxy) is 6. The number of alkyl halides is 1. The fourth-order valence-corrected chi connectivity index (χ4v) is 24.7. The second-order valence-corrected chi connectivity index (χ2v) is 42.7. The van der Waals surface area contributed by atoms with Crippen molar-refractivity contribution in [3.05, 3.63) is 143 Å². The number of hydrogen-bond acceptors (Lipinski definition) is 32. The van der Waals surface area contributed by atoms with Crippen LogP contribution in [0, 0.1) is 45.3 Å². The standard InChI is InChI=1S/C102H129FN8O33S2/c1-54-47-64-63-29-28-61-48-62(114)40-41-97(61,8)101(63,103)71(115)51-98(64,9)102(54,138)72(116)52-139-79(126)39-35-75(119)107-65(89(130)106-44-46-146-145-45-43-105-73(117)33-34-74(118)108-66(30-36-76(120)121)90(131)109-67(31-37-77(122)123)91(132)110-68(92(133)134)32-38-78(124)125)27-19-20-42-104-69-49-96(7)84(99(144-57(4)113)53-140-86(69)99)87(143-93(135)60-25-17-12-18-26-60)100(137)50-70(55(2)80(95(100,5)6)83(85(96)128)141-56(3)112)142-94(136)82(127)81(58-21-13-10-14-22-58)111-88(129)59-23-15-11-16-24-59/h10-18,21-26,40-41,48,54,63-71,81-84,86-87,104,115,127,137-138H,19-20,27-39,42-47,49-53H2,1-9H3,(H,105,117)(H,106,130)(H,107,119)(H,108,118)(H,109,131)(H,110,132)(H,111,129)(H,120,121)(H,122,123)(H,124,125)(H,133,134)/t54-,63+,64+,65+,66?,67?,68?,69-,70+,71+,81+,82-,83-,84?,86-,87+,96-,97+,98+,99-,100-,101+,102+/m1/s1. The van der Waals surface area contributed by atoms with Gasteiger partial charge < -0.3 is 112 Å². The maximum Gasteiger partial charge on any atom is 0.338 e. The van der Waals surface area contributed by atoms with Crippen molar-refractivity contribution in [1.82, 2.24) is 42.5 Å². The molecule has 7 aliphatic carbocycles. The monoisotopic (exact) mass is 2080 g/mol. The predicted octanol–water partition coefficient (Wildman–Crippen LogP) is 4.76. The first-order chi connectivity index (χ1) is 68.8. The molecule has 1 heterocycles. The molecule has 2 bridgehead atoms. The Labute approximate surface area is 848 Å². The van der Waals surface area contributed by atoms with E-state index >= 15 is 14.0 Å². The van der Waals surface area contributed by atoms with E-state index < -0.39 is 331 Å². The van der Waals surface area contributed by atoms with Gasteiger partial charge in [0.25, 0.3) is 5.91 Å². The molecular formula is C102H129FN8O33S2. The molecule has 1 saturated heterocycles. The topological polar surface area (TPSA) is 638 Å². The molecular weight excluding hydrogens is 1950 g/mol. The number of allylic oxidation sites excluding steroid dienone is 4. The number of benzene rings is 3. The Morgan fingerprint density at radius 1 is 0.603 bits per heavy atom. The quantitative estimate of drug-likeness (QED) is 0.0119. The highest BCUT2D eigenvalue weighted by atomic mass is 33.1. The van der Waals surface area contributed by atoms with Crippen LogP contribution < -0.4 is 42.5 Å². The van der Waals surface area contributed by atoms with Crippen LogP contribution >= 0.6 is 21.6 Å². The van der Waals surface area contributed by atoms with Gasteiger partial charge >= 0.3 is 53.7 Å². The number of nitrogens with one attached hydrogen (secondary N) is 8. The van der Waals surface area contributed by atoms with E-state index in [0.717, 1.165) is 13.8 Å². The number of fused-ring (bicyclic) bond motifs is 10. The minimum atomic E-state index is -2.55. The number of carbonyl (C=O) groups excluding carboxylic acids is 15. The lowest BCUT2D eigenvalue weighted by molar-refractivity contribution is -0.338. The lowest BCUT2D eigenvalue weighted by Gasteiger charge is -2.68. The van der Waals surface area contributed by atoms with E-state index in [-0.39, 0.29) is 110 Å². The zero-order valence-corrected chi connectivity index (χ0v) is 84.1. The second-order valence-electron chi connectivity index (χ2n) is 40.0. The first-order valence-corrected chi connectivity index (χ1v) is 51.2. The van der Waals surface area contributed by atoms with Crippen molar-refractivity contribution in [3.8, 4) is 0 Å². The maximum atomic E-state index is 18.0. The number of aliphatic hydroxyl groups excluding tert-OH is 2. The van der Waals surface area contributed by atoms with Gasteiger partial charge in [0.05, 0.1) is 36.7 Å². The summed E-state index contributed by atoms with van der Waals surface area (Å²) >= 11 is 0. The number of Topliss-reactive ketones (excluding diaryl/α,β-unsaturated/α-hetero) is 2. The number of esters is 5. The van der Waals surface area contributed by atoms with Gasteiger partial charge in [0.15, 0.2) is 41.7 Å². The molecule has 0 radical (unpaired) electrons. The Hall–Kier alpha value is -12.2. The Morgan fingerprint density at radius 3 is 1.73 bits per heavy atom. The maximum absolute atomic E-state index is 18.0. The van der Waals surface area contributed by atoms with Crippen LogP contribution in [0.4, 0.5) is 4.39 Å². The van der Waals surface area contributed by atoms with E-state index in [2.05, 4.69) is 37.2 Å². The fraction of sp³-hybridized carbons (Fsp3) is 0.578. The summed E-state index contributed by atoms with van der Waals surface area (Å²) in [5.41, 5.74) is -14.7. The smallest absolute Gasteiger partial charge is 0.338 e. The average Bonchev–Trinajstić information content (AvgIpc) is 0.849. The minimum absolute atomic E-state index is 0.0163. The minimum Gasteiger partial charge on any atom is -0.481 e. The summed E-state index contributed by atoms with van der Waals surface area (Å²) in [6, 6.07) is 14.7. The van der Waals surface area contributed by atoms with Crippen molar-refractivity contribution in [2.75, 3.05) is 44.4 Å². The summed E-state index contributed by atoms with van der Waals surface area (Å²) in [5.74, 6) is -22.8. The van der Waals surface area contributed by atoms with Gasteiger partial charge in [-0.1, -0.05) is 135 Å². The van der Waals surface area contributed by atoms with Gasteiger partial charge in [-0.05, 0) is 156 Å². The van der Waals surface area contributed by atoms with Crippen LogP contribution in [0.3, 0.4) is 0 Å². The van der Waals surface area contributed by atoms with Crippen molar-refractivity contribution in [1.29, 1.82) is 0 Å². The number of hydrogen-bond donors (Lipinski definition) is 16. The third-order valence-corrected chi connectivity index (χ3v) is 32.8. The van der Waals surface area contributed by atoms with Crippen LogP contribution in [0.2, 0.25) is 0 Å². The molecule has 11 rings (SSSR count). The van der Waals surface area contributed by atoms with E-state index in [9.17, 15) is 117 Å². The highest BCUT2D eigenvalue weighted by Gasteiger charge is 2.80. The molecule has 23 atom stereocenters. The highest BCUT2D eigenvalue weighted by Crippen LogP contribution is 2.71. The molecule has 16 N–H and O–H groups in total. The molecule has 4 unspecified atom stereocenters. The first-order valence-electron chi connectivity index (χ1n) is 48.7. The summed E-state index contributed by atoms with van der Waals surface area (Å²) in [7, 11) is 2.51. The summed E-state index contributed by atoms with van der Waals surface area (Å²) in [4.78, 5) is 256. The molecule has 0 aromatic heterocycles. The van der Waals surface area contributed by atoms with Crippen LogP contribution in [-0.4, -0.2) is 287 Å². The van der Waals surface area contributed by atoms with Crippen LogP contribution in [-0.2, 0) is 110 Å². The Bertz CT molecular complexity index is 5560. The third kappa shape index (κ3) is 24.9. The van der Waals surface area contributed by atoms with Gasteiger partial charge in [0.2, 0.25) is 41.2 Å². The molecule has 3 aromatic rings. The zero-order chi connectivity index (χ0) is 107. The number of carbonyl (C=O) groups is 19. The molecule has 1 aliphatic heterocycles. The molecule has 3 aromatic carbocycles. The Kier molecular flexibility index (Phi) is 37.7. The van der Waals surface area contributed by atoms with Crippen LogP contribution in [0.5, 0.6) is 0 Å². The van der Waals surface area contributed by atoms with Crippen molar-refractivity contribution in [2.24, 2.45) is 45.3 Å². The van der Waals surface area contributed by atoms with Crippen LogP contribution in [0.15, 0.2) is 126 Å². The van der Waals surface area contributed by atoms with Gasteiger partial charge in [-0.2, -0.15) is 0 Å². The molecule has 7 amide bonds. The molecule has 146 heavy (non-hydrogen) atoms. The summed E-state index contributed by atoms with van der Waals surface area (Å²) < 4.78 is 55.5. The Balaban J connectivity index is 0.768. The molecule has 8 aliphatic rings. The fourth-order valence-electron chi connectivity index (χ4n) is 22.9. The van der Waals surface area contributed by atoms with Crippen LogP contribution in [0.25, 0.3) is 0 Å². The zero-order valence-electron chi connectivity index (χ0n) is 82.5. The van der Waals surface area contributed by atoms with Crippen molar-refractivity contribution < 1.29 is 165 Å². The summed E-state index contributed by atoms with van der Waals surface area (Å²) in [5, 5.41) is 109. The lowest BCUT2D eigenvalue weighted by atomic mass is 9.44. The molecule has 6 fully saturated rings. The number of carboxylic acid groups (broad SMARTS) is 4. The average molecular weight is 2080 g/mol. The van der Waals surface area contributed by atoms with Gasteiger partial charge in [-0.3, -0.25) is 76.7 Å². The number of carboxylic acids is 4. The predicted molar refractivity (Wildman–Crippen MR) is 517 cm³/mol. The lowest BCUT2D eigenvalue weighted by Crippen LogP contribution is -2.83. The summed E-state index contributed by atoms with van der Waals surface area (Å²) in [6.45, 7) is 11.7. The normalized spacial score (nSPS) is 28.7. The van der Waals surface area contributed by atoms with E-state index in [1.54, 1.807) is 87.5 Å². The van der Waals surface area contributed by atoms with Crippen LogP contribution in [0.1, 0.15) is 217 Å². The SMILES string of the molecule is CC(=O)O[C@H]1C(=O)[C@]2(C)C[C@@H](NCCCC[C@H](NC(=O)CCC(=O)OCC(=O)[C@@]3(O)[C@H](C)C[C@H]4[C@@H]5CCC6=CC(=O)C=C[C@]6(C)[C@@]5(F)[C@@H](O)C[C@@]43C)C(=O)NCCSSCCNC(=O)CCC(=O)NC(CCC(=O)O)C(=O)NC(CCC(=O)O)C(=O)NC(CCC(=O)O)C(=O)O)[C@H]3OC[C@@]3(OC(C)=O)C2[C@H](OC(=O)c2ccccc2)[C@]2(O)C[C@H](OC(=O)[C@H](O)[C@@H](NC(=O)c3ccccc3)c3ccccc3)C(C)=C1C2(C)C. The van der Waals surface area contributed by atoms with E-state index in [0.29, 0.717) is 12.0 Å². The number of halogens is 1. The van der Waals surface area contributed by atoms with E-state index in [4.69, 9.17) is 33.5 Å². The summed E-state index contributed by atoms with van der Waals surface area (Å²) in [6.07, 6.45) is -13.0. The van der Waals surface area contributed by atoms with Crippen molar-refractivity contribution in [3.63, 3.8) is 0 Å². The molecule has 794 valence electrons. The number of ketones is 3. The third-order valence-electron chi connectivity index (χ3n) is 30.4. The number of aliphatic carboxylic acids is 4. The van der Waals surface area contributed by atoms with Gasteiger partial charge in [0.1, 0.15) is 53.7 Å². The van der Waals surface area contributed by atoms with Gasteiger partial charge in [0, 0.05) is 123 Å². The highest BCUT2D eigenvalue weighted by molar-refractivity contribution is 8.76. The molecule has 0 spiro atoms. The van der Waals surface area contributed by atoms with Crippen molar-refractivity contribution in [2.45, 2.75) is 280 Å². The Morgan fingerprint density at radius 2 is 1.16 bits per heavy atom. The largest absolute Gasteiger partial charge is 0.481 e. The molecule has 44 heteroatoms. The number of rotatable bonds is 49. The molecule has 5 saturated carbocycles. The van der Waals surface area contributed by atoms with E-state index in [1.807, 2.05) is 5.32 Å². The van der Waals surface area contributed by atoms with E-state index in [1.165, 1.54) is 91.8 Å². The van der Waals surface area contributed by atoms with Gasteiger partial charge in [-0.15, -0.1) is 0 Å². The first kappa shape index (κ1) is 114. The molecule has 41 nitrogen and oxygen atoms in total. The number of amides is 7. The van der Waals surface area contributed by atoms with Crippen molar-refractivity contribution >= 4 is 134 Å². The van der Waals surface area contributed by atoms with Gasteiger partial charge in [-0.25, -0.2) is 18.8 Å². The number of unbranched alkanes of at least 4 members (excludes halogenated alkanes) is 1.